The molecule has 0 heterocycles. The number of unbranched alkanes of at least 4 members (excludes halogenated alkanes) is 5. The molecule has 0 rings (SSSR count). The molecule has 0 amide bonds. The Bertz CT molecular complexity index is 172. The van der Waals surface area contributed by atoms with E-state index in [0.717, 1.165) is 32.1 Å². The summed E-state index contributed by atoms with van der Waals surface area (Å²) in [6, 6.07) is 2.11. The van der Waals surface area contributed by atoms with Crippen molar-refractivity contribution < 1.29 is 9.53 Å². The number of hydrogen-bond donors (Lipinski definition) is 0. The number of carbonyl (C=O) groups is 1. The lowest BCUT2D eigenvalue weighted by Gasteiger charge is -1.99. The van der Waals surface area contributed by atoms with Crippen molar-refractivity contribution in [2.75, 3.05) is 7.11 Å². The maximum atomic E-state index is 10.7. The van der Waals surface area contributed by atoms with Crippen LogP contribution >= 0.6 is 0 Å². The number of rotatable bonds is 7. The average Bonchev–Trinajstić information content (AvgIpc) is 2.16. The lowest BCUT2D eigenvalue weighted by molar-refractivity contribution is -0.140. The van der Waals surface area contributed by atoms with Crippen molar-refractivity contribution in [3.8, 4) is 6.07 Å². The van der Waals surface area contributed by atoms with Crippen LogP contribution in [0.1, 0.15) is 44.9 Å². The average molecular weight is 183 g/mol. The fourth-order valence-electron chi connectivity index (χ4n) is 1.11. The largest absolute Gasteiger partial charge is 0.469 e. The van der Waals surface area contributed by atoms with Gasteiger partial charge in [0.1, 0.15) is 0 Å². The summed E-state index contributed by atoms with van der Waals surface area (Å²) in [6.45, 7) is 0. The van der Waals surface area contributed by atoms with Crippen LogP contribution in [0.4, 0.5) is 0 Å². The molecule has 0 N–H and O–H groups in total. The van der Waals surface area contributed by atoms with E-state index in [1.807, 2.05) is 0 Å². The standard InChI is InChI=1S/C10H17NO2/c1-13-10(12)8-6-4-2-3-5-7-9-11/h2-8H2,1H3. The Morgan fingerprint density at radius 3 is 2.46 bits per heavy atom. The van der Waals surface area contributed by atoms with Crippen molar-refractivity contribution in [3.63, 3.8) is 0 Å². The van der Waals surface area contributed by atoms with Crippen LogP contribution in [0.3, 0.4) is 0 Å². The summed E-state index contributed by atoms with van der Waals surface area (Å²) < 4.78 is 4.51. The highest BCUT2D eigenvalue weighted by molar-refractivity contribution is 5.68. The minimum absolute atomic E-state index is 0.128. The van der Waals surface area contributed by atoms with E-state index in [0.29, 0.717) is 12.8 Å². The summed E-state index contributed by atoms with van der Waals surface area (Å²) in [5.41, 5.74) is 0. The van der Waals surface area contributed by atoms with Gasteiger partial charge in [-0.15, -0.1) is 0 Å². The van der Waals surface area contributed by atoms with Gasteiger partial charge in [-0.3, -0.25) is 4.79 Å². The first-order valence-electron chi connectivity index (χ1n) is 4.75. The van der Waals surface area contributed by atoms with Gasteiger partial charge in [0.25, 0.3) is 0 Å². The maximum Gasteiger partial charge on any atom is 0.305 e. The van der Waals surface area contributed by atoms with E-state index in [9.17, 15) is 4.79 Å². The van der Waals surface area contributed by atoms with Crippen molar-refractivity contribution in [2.24, 2.45) is 0 Å². The first kappa shape index (κ1) is 12.0. The molecule has 0 aromatic heterocycles. The number of nitrogens with zero attached hydrogens (tertiary/aromatic N) is 1. The Balaban J connectivity index is 3.00. The number of methoxy groups -OCH3 is 1. The van der Waals surface area contributed by atoms with Crippen molar-refractivity contribution in [3.05, 3.63) is 0 Å². The molecule has 0 aliphatic carbocycles. The van der Waals surface area contributed by atoms with Crippen LogP contribution in [0.15, 0.2) is 0 Å². The fourth-order valence-corrected chi connectivity index (χ4v) is 1.11. The van der Waals surface area contributed by atoms with Gasteiger partial charge in [0.15, 0.2) is 0 Å². The second-order valence-electron chi connectivity index (χ2n) is 3.00. The molecule has 3 heteroatoms. The normalized spacial score (nSPS) is 9.23. The zero-order valence-electron chi connectivity index (χ0n) is 8.21. The molecule has 74 valence electrons. The molecule has 0 radical (unpaired) electrons. The van der Waals surface area contributed by atoms with Gasteiger partial charge in [-0.05, 0) is 12.8 Å². The van der Waals surface area contributed by atoms with Crippen LogP contribution in [0.2, 0.25) is 0 Å². The monoisotopic (exact) mass is 183 g/mol. The van der Waals surface area contributed by atoms with Gasteiger partial charge in [0.05, 0.1) is 13.2 Å². The number of ether oxygens (including phenoxy) is 1. The molecule has 0 aromatic carbocycles. The van der Waals surface area contributed by atoms with Gasteiger partial charge in [-0.1, -0.05) is 19.3 Å². The summed E-state index contributed by atoms with van der Waals surface area (Å²) in [6.07, 6.45) is 6.31. The third-order valence-electron chi connectivity index (χ3n) is 1.90. The fraction of sp³-hybridized carbons (Fsp3) is 0.800. The van der Waals surface area contributed by atoms with Gasteiger partial charge in [0, 0.05) is 12.8 Å². The minimum Gasteiger partial charge on any atom is -0.469 e. The zero-order valence-corrected chi connectivity index (χ0v) is 8.21. The first-order valence-corrected chi connectivity index (χ1v) is 4.75. The van der Waals surface area contributed by atoms with Gasteiger partial charge in [0.2, 0.25) is 0 Å². The lowest BCUT2D eigenvalue weighted by Crippen LogP contribution is -1.98. The second-order valence-corrected chi connectivity index (χ2v) is 3.00. The van der Waals surface area contributed by atoms with E-state index in [4.69, 9.17) is 5.26 Å². The molecule has 0 saturated heterocycles. The summed E-state index contributed by atoms with van der Waals surface area (Å²) in [5, 5.41) is 8.26. The highest BCUT2D eigenvalue weighted by Crippen LogP contribution is 2.06. The molecule has 0 unspecified atom stereocenters. The zero-order chi connectivity index (χ0) is 9.94. The summed E-state index contributed by atoms with van der Waals surface area (Å²) in [4.78, 5) is 10.7. The van der Waals surface area contributed by atoms with Gasteiger partial charge >= 0.3 is 5.97 Å². The van der Waals surface area contributed by atoms with Gasteiger partial charge in [-0.2, -0.15) is 5.26 Å². The highest BCUT2D eigenvalue weighted by atomic mass is 16.5. The molecular formula is C10H17NO2. The van der Waals surface area contributed by atoms with Gasteiger partial charge in [-0.25, -0.2) is 0 Å². The summed E-state index contributed by atoms with van der Waals surface area (Å²) >= 11 is 0. The Labute approximate surface area is 79.7 Å². The Kier molecular flexibility index (Phi) is 8.33. The smallest absolute Gasteiger partial charge is 0.305 e. The van der Waals surface area contributed by atoms with Crippen molar-refractivity contribution in [1.29, 1.82) is 5.26 Å². The first-order chi connectivity index (χ1) is 6.31. The Morgan fingerprint density at radius 1 is 1.23 bits per heavy atom. The van der Waals surface area contributed by atoms with Crippen molar-refractivity contribution >= 4 is 5.97 Å². The minimum atomic E-state index is -0.128. The highest BCUT2D eigenvalue weighted by Gasteiger charge is 1.98. The topological polar surface area (TPSA) is 50.1 Å². The van der Waals surface area contributed by atoms with Gasteiger partial charge < -0.3 is 4.74 Å². The second kappa shape index (κ2) is 9.05. The van der Waals surface area contributed by atoms with E-state index in [1.54, 1.807) is 0 Å². The molecule has 0 bridgehead atoms. The summed E-state index contributed by atoms with van der Waals surface area (Å²) in [7, 11) is 1.41. The number of hydrogen-bond acceptors (Lipinski definition) is 3. The van der Waals surface area contributed by atoms with Crippen LogP contribution in [-0.2, 0) is 9.53 Å². The molecule has 0 atom stereocenters. The van der Waals surface area contributed by atoms with Crippen molar-refractivity contribution in [1.82, 2.24) is 0 Å². The van der Waals surface area contributed by atoms with E-state index >= 15 is 0 Å². The van der Waals surface area contributed by atoms with Crippen LogP contribution in [0.5, 0.6) is 0 Å². The van der Waals surface area contributed by atoms with Crippen LogP contribution in [0.25, 0.3) is 0 Å². The van der Waals surface area contributed by atoms with E-state index < -0.39 is 0 Å². The predicted molar refractivity (Wildman–Crippen MR) is 49.9 cm³/mol. The van der Waals surface area contributed by atoms with Crippen LogP contribution in [-0.4, -0.2) is 13.1 Å². The maximum absolute atomic E-state index is 10.7. The van der Waals surface area contributed by atoms with E-state index in [1.165, 1.54) is 7.11 Å². The predicted octanol–water partition coefficient (Wildman–Crippen LogP) is 2.41. The molecule has 13 heavy (non-hydrogen) atoms. The van der Waals surface area contributed by atoms with E-state index in [2.05, 4.69) is 10.8 Å². The number of carbonyl (C=O) groups excluding carboxylic acids is 1. The summed E-state index contributed by atoms with van der Waals surface area (Å²) in [5.74, 6) is -0.128. The molecular weight excluding hydrogens is 166 g/mol. The third kappa shape index (κ3) is 8.87. The number of nitriles is 1. The number of esters is 1. The van der Waals surface area contributed by atoms with Crippen LogP contribution < -0.4 is 0 Å². The third-order valence-corrected chi connectivity index (χ3v) is 1.90. The Hall–Kier alpha value is -1.04. The molecule has 0 fully saturated rings. The van der Waals surface area contributed by atoms with Crippen LogP contribution in [0, 0.1) is 11.3 Å². The van der Waals surface area contributed by atoms with E-state index in [-0.39, 0.29) is 5.97 Å². The molecule has 0 saturated carbocycles. The Morgan fingerprint density at radius 2 is 1.85 bits per heavy atom. The molecule has 0 aliphatic rings. The quantitative estimate of drug-likeness (QED) is 0.450. The SMILES string of the molecule is COC(=O)CCCCCCCC#N. The molecule has 0 aromatic rings. The molecule has 0 spiro atoms. The lowest BCUT2D eigenvalue weighted by atomic mass is 10.1. The van der Waals surface area contributed by atoms with Crippen molar-refractivity contribution in [2.45, 2.75) is 44.9 Å². The molecule has 3 nitrogen and oxygen atoms in total. The molecule has 0 aliphatic heterocycles.